The third kappa shape index (κ3) is 1.87. The van der Waals surface area contributed by atoms with E-state index in [0.29, 0.717) is 22.5 Å². The van der Waals surface area contributed by atoms with Gasteiger partial charge in [0.1, 0.15) is 17.2 Å². The van der Waals surface area contributed by atoms with Crippen LogP contribution in [0.3, 0.4) is 0 Å². The second-order valence-corrected chi connectivity index (χ2v) is 4.31. The van der Waals surface area contributed by atoms with Crippen molar-refractivity contribution in [3.8, 4) is 11.4 Å². The normalized spacial score (nSPS) is 11.2. The minimum Gasteiger partial charge on any atom is -0.338 e. The van der Waals surface area contributed by atoms with Gasteiger partial charge in [-0.1, -0.05) is 12.1 Å². The summed E-state index contributed by atoms with van der Waals surface area (Å²) in [6.07, 6.45) is 0. The topological polar surface area (TPSA) is 28.7 Å². The lowest BCUT2D eigenvalue weighted by Gasteiger charge is -1.99. The van der Waals surface area contributed by atoms with Crippen LogP contribution in [0, 0.1) is 24.4 Å². The second-order valence-electron chi connectivity index (χ2n) is 4.31. The number of benzene rings is 2. The van der Waals surface area contributed by atoms with Crippen LogP contribution in [0.1, 0.15) is 5.56 Å². The molecule has 0 spiro atoms. The molecule has 2 nitrogen and oxygen atoms in total. The molecule has 5 heteroatoms. The van der Waals surface area contributed by atoms with E-state index in [1.54, 1.807) is 19.1 Å². The van der Waals surface area contributed by atoms with Crippen LogP contribution in [0.2, 0.25) is 0 Å². The molecule has 3 rings (SSSR count). The third-order valence-corrected chi connectivity index (χ3v) is 2.99. The van der Waals surface area contributed by atoms with Gasteiger partial charge in [-0.05, 0) is 30.7 Å². The highest BCUT2D eigenvalue weighted by Gasteiger charge is 2.13. The largest absolute Gasteiger partial charge is 0.338 e. The SMILES string of the molecule is Cc1ccc(-c2nc3c(F)c(F)ccc3[nH]2)cc1F. The summed E-state index contributed by atoms with van der Waals surface area (Å²) in [4.78, 5) is 6.82. The molecule has 3 aromatic rings. The first-order chi connectivity index (χ1) is 9.06. The molecule has 0 saturated carbocycles. The number of imidazole rings is 1. The van der Waals surface area contributed by atoms with Crippen molar-refractivity contribution in [1.29, 1.82) is 0 Å². The van der Waals surface area contributed by atoms with Crippen molar-refractivity contribution in [2.75, 3.05) is 0 Å². The predicted molar refractivity (Wildman–Crippen MR) is 66.1 cm³/mol. The van der Waals surface area contributed by atoms with E-state index in [0.717, 1.165) is 6.07 Å². The van der Waals surface area contributed by atoms with Crippen LogP contribution in [0.4, 0.5) is 13.2 Å². The number of nitrogens with zero attached hydrogens (tertiary/aromatic N) is 1. The Balaban J connectivity index is 2.20. The maximum absolute atomic E-state index is 13.5. The van der Waals surface area contributed by atoms with Crippen LogP contribution in [0.5, 0.6) is 0 Å². The fourth-order valence-corrected chi connectivity index (χ4v) is 1.89. The van der Waals surface area contributed by atoms with E-state index in [-0.39, 0.29) is 11.3 Å². The number of halogens is 3. The summed E-state index contributed by atoms with van der Waals surface area (Å²) in [5, 5.41) is 0. The number of fused-ring (bicyclic) bond motifs is 1. The summed E-state index contributed by atoms with van der Waals surface area (Å²) in [7, 11) is 0. The second kappa shape index (κ2) is 4.12. The molecule has 0 aliphatic carbocycles. The number of rotatable bonds is 1. The summed E-state index contributed by atoms with van der Waals surface area (Å²) in [5.74, 6) is -2.03. The van der Waals surface area contributed by atoms with Crippen molar-refractivity contribution in [2.45, 2.75) is 6.92 Å². The fraction of sp³-hybridized carbons (Fsp3) is 0.0714. The lowest BCUT2D eigenvalue weighted by molar-refractivity contribution is 0.515. The van der Waals surface area contributed by atoms with Gasteiger partial charge in [0, 0.05) is 5.56 Å². The molecule has 0 atom stereocenters. The van der Waals surface area contributed by atoms with E-state index in [4.69, 9.17) is 0 Å². The third-order valence-electron chi connectivity index (χ3n) is 2.99. The zero-order chi connectivity index (χ0) is 13.6. The molecule has 19 heavy (non-hydrogen) atoms. The molecule has 0 aliphatic rings. The van der Waals surface area contributed by atoms with E-state index in [1.165, 1.54) is 12.1 Å². The van der Waals surface area contributed by atoms with Gasteiger partial charge in [0.15, 0.2) is 11.6 Å². The standard InChI is InChI=1S/C14H9F3N2/c1-7-2-3-8(6-10(7)16)14-18-11-5-4-9(15)12(17)13(11)19-14/h2-6H,1H3,(H,18,19). The number of hydrogen-bond donors (Lipinski definition) is 1. The Morgan fingerprint density at radius 1 is 1.00 bits per heavy atom. The molecule has 0 radical (unpaired) electrons. The Labute approximate surface area is 106 Å². The Morgan fingerprint density at radius 2 is 1.79 bits per heavy atom. The van der Waals surface area contributed by atoms with E-state index < -0.39 is 11.6 Å². The van der Waals surface area contributed by atoms with Crippen molar-refractivity contribution in [3.63, 3.8) is 0 Å². The van der Waals surface area contributed by atoms with Crippen LogP contribution in [0.15, 0.2) is 30.3 Å². The average Bonchev–Trinajstić information content (AvgIpc) is 2.82. The van der Waals surface area contributed by atoms with Crippen molar-refractivity contribution < 1.29 is 13.2 Å². The maximum Gasteiger partial charge on any atom is 0.186 e. The number of aromatic nitrogens is 2. The van der Waals surface area contributed by atoms with Crippen LogP contribution in [-0.4, -0.2) is 9.97 Å². The Morgan fingerprint density at radius 3 is 2.53 bits per heavy atom. The number of nitrogens with one attached hydrogen (secondary N) is 1. The Bertz CT molecular complexity index is 778. The van der Waals surface area contributed by atoms with Crippen LogP contribution in [-0.2, 0) is 0 Å². The minimum atomic E-state index is -1.01. The summed E-state index contributed by atoms with van der Waals surface area (Å²) < 4.78 is 40.1. The monoisotopic (exact) mass is 262 g/mol. The molecule has 1 aromatic heterocycles. The average molecular weight is 262 g/mol. The zero-order valence-electron chi connectivity index (χ0n) is 9.97. The minimum absolute atomic E-state index is 0.0871. The van der Waals surface area contributed by atoms with Gasteiger partial charge in [0.2, 0.25) is 0 Å². The number of aryl methyl sites for hydroxylation is 1. The molecule has 0 saturated heterocycles. The van der Waals surface area contributed by atoms with E-state index >= 15 is 0 Å². The molecule has 1 N–H and O–H groups in total. The van der Waals surface area contributed by atoms with Gasteiger partial charge in [0.05, 0.1) is 5.52 Å². The first-order valence-corrected chi connectivity index (χ1v) is 5.66. The Kier molecular flexibility index (Phi) is 2.55. The highest BCUT2D eigenvalue weighted by molar-refractivity contribution is 5.80. The van der Waals surface area contributed by atoms with Gasteiger partial charge in [-0.15, -0.1) is 0 Å². The highest BCUT2D eigenvalue weighted by atomic mass is 19.2. The smallest absolute Gasteiger partial charge is 0.186 e. The van der Waals surface area contributed by atoms with Gasteiger partial charge in [-0.25, -0.2) is 18.2 Å². The molecule has 0 fully saturated rings. The molecule has 0 bridgehead atoms. The summed E-state index contributed by atoms with van der Waals surface area (Å²) in [6, 6.07) is 7.00. The Hall–Kier alpha value is -2.30. The van der Waals surface area contributed by atoms with Crippen LogP contribution < -0.4 is 0 Å². The van der Waals surface area contributed by atoms with Gasteiger partial charge < -0.3 is 4.98 Å². The van der Waals surface area contributed by atoms with Crippen LogP contribution >= 0.6 is 0 Å². The van der Waals surface area contributed by atoms with E-state index in [1.807, 2.05) is 0 Å². The van der Waals surface area contributed by atoms with Gasteiger partial charge >= 0.3 is 0 Å². The van der Waals surface area contributed by atoms with Crippen molar-refractivity contribution >= 4 is 11.0 Å². The van der Waals surface area contributed by atoms with Gasteiger partial charge in [0.25, 0.3) is 0 Å². The fourth-order valence-electron chi connectivity index (χ4n) is 1.89. The lowest BCUT2D eigenvalue weighted by Crippen LogP contribution is -1.86. The first-order valence-electron chi connectivity index (χ1n) is 5.66. The lowest BCUT2D eigenvalue weighted by atomic mass is 10.1. The molecule has 0 amide bonds. The molecule has 0 aliphatic heterocycles. The summed E-state index contributed by atoms with van der Waals surface area (Å²) in [6.45, 7) is 1.65. The van der Waals surface area contributed by atoms with Crippen LogP contribution in [0.25, 0.3) is 22.4 Å². The van der Waals surface area contributed by atoms with Gasteiger partial charge in [-0.3, -0.25) is 0 Å². The molecule has 96 valence electrons. The van der Waals surface area contributed by atoms with Crippen molar-refractivity contribution in [3.05, 3.63) is 53.3 Å². The number of H-pyrrole nitrogens is 1. The first kappa shape index (κ1) is 11.8. The van der Waals surface area contributed by atoms with E-state index in [9.17, 15) is 13.2 Å². The van der Waals surface area contributed by atoms with Crippen molar-refractivity contribution in [1.82, 2.24) is 9.97 Å². The summed E-state index contributed by atoms with van der Waals surface area (Å²) >= 11 is 0. The highest BCUT2D eigenvalue weighted by Crippen LogP contribution is 2.24. The molecule has 0 unspecified atom stereocenters. The molecular weight excluding hydrogens is 253 g/mol. The predicted octanol–water partition coefficient (Wildman–Crippen LogP) is 3.96. The van der Waals surface area contributed by atoms with Crippen molar-refractivity contribution in [2.24, 2.45) is 0 Å². The quantitative estimate of drug-likeness (QED) is 0.706. The summed E-state index contributed by atoms with van der Waals surface area (Å²) in [5.41, 5.74) is 1.28. The van der Waals surface area contributed by atoms with Gasteiger partial charge in [-0.2, -0.15) is 0 Å². The van der Waals surface area contributed by atoms with E-state index in [2.05, 4.69) is 9.97 Å². The number of aromatic amines is 1. The zero-order valence-corrected chi connectivity index (χ0v) is 9.97. The molecule has 2 aromatic carbocycles. The number of hydrogen-bond acceptors (Lipinski definition) is 1. The molecular formula is C14H9F3N2. The molecule has 1 heterocycles. The maximum atomic E-state index is 13.5.